The average molecular weight is 386 g/mol. The summed E-state index contributed by atoms with van der Waals surface area (Å²) < 4.78 is 15.7. The predicted octanol–water partition coefficient (Wildman–Crippen LogP) is 5.17. The summed E-state index contributed by atoms with van der Waals surface area (Å²) in [6.45, 7) is 4.48. The summed E-state index contributed by atoms with van der Waals surface area (Å²) in [6.07, 6.45) is 0. The first-order valence-corrected chi connectivity index (χ1v) is 9.93. The van der Waals surface area contributed by atoms with Crippen LogP contribution in [-0.2, 0) is 13.2 Å². The Kier molecular flexibility index (Phi) is 4.52. The van der Waals surface area contributed by atoms with Crippen LogP contribution in [0.25, 0.3) is 11.0 Å². The number of imidazole rings is 1. The third kappa shape index (κ3) is 3.38. The molecule has 0 amide bonds. The highest BCUT2D eigenvalue weighted by Gasteiger charge is 2.29. The van der Waals surface area contributed by atoms with Crippen molar-refractivity contribution in [2.24, 2.45) is 0 Å². The summed E-state index contributed by atoms with van der Waals surface area (Å²) >= 11 is 0. The number of anilines is 1. The molecule has 0 saturated carbocycles. The Hall–Kier alpha value is -3.18. The summed E-state index contributed by atoms with van der Waals surface area (Å²) in [6, 6.07) is 25.7. The minimum Gasteiger partial charge on any atom is -0.325 e. The van der Waals surface area contributed by atoms with Crippen molar-refractivity contribution in [1.82, 2.24) is 14.5 Å². The van der Waals surface area contributed by atoms with E-state index in [4.69, 9.17) is 4.98 Å². The molecule has 0 radical (unpaired) electrons. The van der Waals surface area contributed by atoms with Crippen LogP contribution in [0.4, 0.5) is 10.3 Å². The van der Waals surface area contributed by atoms with Gasteiger partial charge in [-0.2, -0.15) is 0 Å². The summed E-state index contributed by atoms with van der Waals surface area (Å²) in [5.74, 6) is 0.797. The lowest BCUT2D eigenvalue weighted by molar-refractivity contribution is 0.146. The Balaban J connectivity index is 1.53. The van der Waals surface area contributed by atoms with Gasteiger partial charge in [-0.1, -0.05) is 54.6 Å². The first-order valence-electron chi connectivity index (χ1n) is 9.93. The summed E-state index contributed by atoms with van der Waals surface area (Å²) in [4.78, 5) is 9.64. The maximum atomic E-state index is 13.4. The molecule has 0 fully saturated rings. The van der Waals surface area contributed by atoms with Crippen molar-refractivity contribution in [3.63, 3.8) is 0 Å². The van der Waals surface area contributed by atoms with Crippen LogP contribution in [-0.4, -0.2) is 21.1 Å². The van der Waals surface area contributed by atoms with Gasteiger partial charge in [-0.3, -0.25) is 9.47 Å². The summed E-state index contributed by atoms with van der Waals surface area (Å²) in [5.41, 5.74) is 4.51. The molecule has 5 rings (SSSR count). The SMILES string of the molecule is C[C@H](c1ccc(F)cc1)N1CN(Cc2ccccc2)c2nc3ccccc3n2C1. The highest BCUT2D eigenvalue weighted by atomic mass is 19.1. The van der Waals surface area contributed by atoms with E-state index in [1.54, 1.807) is 0 Å². The number of halogens is 1. The maximum Gasteiger partial charge on any atom is 0.209 e. The highest BCUT2D eigenvalue weighted by molar-refractivity contribution is 5.79. The Morgan fingerprint density at radius 3 is 2.41 bits per heavy atom. The van der Waals surface area contributed by atoms with E-state index in [1.807, 2.05) is 24.3 Å². The minimum atomic E-state index is -0.201. The van der Waals surface area contributed by atoms with Gasteiger partial charge in [0.2, 0.25) is 5.95 Å². The molecular formula is C24H23FN4. The fourth-order valence-electron chi connectivity index (χ4n) is 4.07. The van der Waals surface area contributed by atoms with Crippen molar-refractivity contribution in [3.8, 4) is 0 Å². The van der Waals surface area contributed by atoms with E-state index in [0.717, 1.165) is 42.4 Å². The second-order valence-corrected chi connectivity index (χ2v) is 7.61. The Morgan fingerprint density at radius 1 is 0.897 bits per heavy atom. The van der Waals surface area contributed by atoms with Crippen LogP contribution in [0.15, 0.2) is 78.9 Å². The minimum absolute atomic E-state index is 0.156. The van der Waals surface area contributed by atoms with Gasteiger partial charge in [0.1, 0.15) is 5.82 Å². The maximum absolute atomic E-state index is 13.4. The zero-order chi connectivity index (χ0) is 19.8. The quantitative estimate of drug-likeness (QED) is 0.483. The molecule has 146 valence electrons. The van der Waals surface area contributed by atoms with Gasteiger partial charge < -0.3 is 4.90 Å². The fourth-order valence-corrected chi connectivity index (χ4v) is 4.07. The smallest absolute Gasteiger partial charge is 0.209 e. The molecule has 29 heavy (non-hydrogen) atoms. The largest absolute Gasteiger partial charge is 0.325 e. The molecule has 4 aromatic rings. The zero-order valence-corrected chi connectivity index (χ0v) is 16.4. The fraction of sp³-hybridized carbons (Fsp3) is 0.208. The second-order valence-electron chi connectivity index (χ2n) is 7.61. The van der Waals surface area contributed by atoms with Crippen LogP contribution < -0.4 is 4.90 Å². The van der Waals surface area contributed by atoms with Gasteiger partial charge in [-0.05, 0) is 42.3 Å². The molecule has 5 heteroatoms. The second kappa shape index (κ2) is 7.33. The third-order valence-electron chi connectivity index (χ3n) is 5.71. The number of benzene rings is 3. The average Bonchev–Trinajstić information content (AvgIpc) is 3.14. The molecule has 0 N–H and O–H groups in total. The summed E-state index contributed by atoms with van der Waals surface area (Å²) in [7, 11) is 0. The van der Waals surface area contributed by atoms with Gasteiger partial charge in [-0.25, -0.2) is 9.37 Å². The van der Waals surface area contributed by atoms with E-state index < -0.39 is 0 Å². The number of hydrogen-bond acceptors (Lipinski definition) is 3. The number of fused-ring (bicyclic) bond motifs is 3. The summed E-state index contributed by atoms with van der Waals surface area (Å²) in [5, 5.41) is 0. The number of hydrogen-bond donors (Lipinski definition) is 0. The molecule has 1 aliphatic heterocycles. The molecule has 1 atom stereocenters. The number of rotatable bonds is 4. The van der Waals surface area contributed by atoms with Gasteiger partial charge in [0.15, 0.2) is 0 Å². The molecule has 0 aliphatic carbocycles. The molecule has 0 spiro atoms. The van der Waals surface area contributed by atoms with Gasteiger partial charge >= 0.3 is 0 Å². The first kappa shape index (κ1) is 17.9. The van der Waals surface area contributed by atoms with E-state index in [0.29, 0.717) is 0 Å². The van der Waals surface area contributed by atoms with Crippen LogP contribution >= 0.6 is 0 Å². The van der Waals surface area contributed by atoms with Crippen molar-refractivity contribution < 1.29 is 4.39 Å². The van der Waals surface area contributed by atoms with E-state index in [-0.39, 0.29) is 11.9 Å². The van der Waals surface area contributed by atoms with Crippen LogP contribution in [0.2, 0.25) is 0 Å². The van der Waals surface area contributed by atoms with E-state index in [9.17, 15) is 4.39 Å². The van der Waals surface area contributed by atoms with Gasteiger partial charge in [-0.15, -0.1) is 0 Å². The van der Waals surface area contributed by atoms with Crippen LogP contribution in [0.5, 0.6) is 0 Å². The van der Waals surface area contributed by atoms with E-state index in [1.165, 1.54) is 17.7 Å². The lowest BCUT2D eigenvalue weighted by Gasteiger charge is -2.40. The molecule has 3 aromatic carbocycles. The van der Waals surface area contributed by atoms with E-state index in [2.05, 4.69) is 63.8 Å². The lowest BCUT2D eigenvalue weighted by atomic mass is 10.1. The number of aromatic nitrogens is 2. The third-order valence-corrected chi connectivity index (χ3v) is 5.71. The number of nitrogens with zero attached hydrogens (tertiary/aromatic N) is 4. The van der Waals surface area contributed by atoms with Crippen LogP contribution in [0, 0.1) is 5.82 Å². The molecule has 2 heterocycles. The van der Waals surface area contributed by atoms with Crippen molar-refractivity contribution in [1.29, 1.82) is 0 Å². The molecule has 4 nitrogen and oxygen atoms in total. The van der Waals surface area contributed by atoms with Crippen molar-refractivity contribution in [3.05, 3.63) is 95.8 Å². The molecular weight excluding hydrogens is 363 g/mol. The van der Waals surface area contributed by atoms with Crippen molar-refractivity contribution >= 4 is 17.0 Å². The van der Waals surface area contributed by atoms with Crippen molar-refractivity contribution in [2.45, 2.75) is 26.2 Å². The first-order chi connectivity index (χ1) is 14.2. The van der Waals surface area contributed by atoms with Gasteiger partial charge in [0.05, 0.1) is 24.4 Å². The zero-order valence-electron chi connectivity index (χ0n) is 16.4. The molecule has 0 unspecified atom stereocenters. The molecule has 1 aromatic heterocycles. The van der Waals surface area contributed by atoms with Crippen molar-refractivity contribution in [2.75, 3.05) is 11.6 Å². The molecule has 0 saturated heterocycles. The van der Waals surface area contributed by atoms with Crippen LogP contribution in [0.3, 0.4) is 0 Å². The Morgan fingerprint density at radius 2 is 1.62 bits per heavy atom. The molecule has 0 bridgehead atoms. The number of para-hydroxylation sites is 2. The Bertz CT molecular complexity index is 1120. The monoisotopic (exact) mass is 386 g/mol. The highest BCUT2D eigenvalue weighted by Crippen LogP contribution is 2.32. The van der Waals surface area contributed by atoms with E-state index >= 15 is 0 Å². The van der Waals surface area contributed by atoms with Crippen LogP contribution in [0.1, 0.15) is 24.1 Å². The standard InChI is InChI=1S/C24H23FN4/c1-18(20-11-13-21(25)14-12-20)28-16-27(15-19-7-3-2-4-8-19)24-26-22-9-5-6-10-23(22)29(24)17-28/h2-14,18H,15-17H2,1H3/t18-/m1/s1. The van der Waals surface area contributed by atoms with Gasteiger partial charge in [0.25, 0.3) is 0 Å². The molecule has 1 aliphatic rings. The lowest BCUT2D eigenvalue weighted by Crippen LogP contribution is -2.45. The van der Waals surface area contributed by atoms with Gasteiger partial charge in [0, 0.05) is 12.6 Å². The normalized spacial score (nSPS) is 15.4. The predicted molar refractivity (Wildman–Crippen MR) is 114 cm³/mol. The Labute approximate surface area is 169 Å². The topological polar surface area (TPSA) is 24.3 Å².